The van der Waals surface area contributed by atoms with Crippen molar-refractivity contribution in [2.24, 2.45) is 0 Å². The van der Waals surface area contributed by atoms with Gasteiger partial charge >= 0.3 is 6.36 Å². The van der Waals surface area contributed by atoms with Gasteiger partial charge in [-0.1, -0.05) is 6.08 Å². The summed E-state index contributed by atoms with van der Waals surface area (Å²) in [5.41, 5.74) is 0. The molecule has 0 atom stereocenters. The fraction of sp³-hybridized carbons (Fsp3) is 0.273. The Morgan fingerprint density at radius 2 is 1.84 bits per heavy atom. The Kier molecular flexibility index (Phi) is 4.96. The number of ether oxygens (including phenoxy) is 1. The topological polar surface area (TPSA) is 55.4 Å². The zero-order valence-corrected chi connectivity index (χ0v) is 10.6. The first-order valence-corrected chi connectivity index (χ1v) is 6.69. The number of alkyl halides is 3. The summed E-state index contributed by atoms with van der Waals surface area (Å²) < 4.78 is 65.1. The number of nitrogens with one attached hydrogen (secondary N) is 1. The quantitative estimate of drug-likeness (QED) is 0.648. The number of benzene rings is 1. The number of hydrogen-bond acceptors (Lipinski definition) is 3. The summed E-state index contributed by atoms with van der Waals surface area (Å²) in [6, 6.07) is 3.96. The van der Waals surface area contributed by atoms with Crippen LogP contribution in [0.25, 0.3) is 0 Å². The molecule has 1 aromatic carbocycles. The van der Waals surface area contributed by atoms with Gasteiger partial charge in [0.2, 0.25) is 10.0 Å². The molecule has 8 heteroatoms. The van der Waals surface area contributed by atoms with Gasteiger partial charge in [-0.15, -0.1) is 19.8 Å². The molecule has 0 saturated carbocycles. The van der Waals surface area contributed by atoms with Gasteiger partial charge in [-0.05, 0) is 30.7 Å². The lowest BCUT2D eigenvalue weighted by Gasteiger charge is -2.09. The lowest BCUT2D eigenvalue weighted by atomic mass is 10.3. The summed E-state index contributed by atoms with van der Waals surface area (Å²) in [5, 5.41) is 0. The van der Waals surface area contributed by atoms with Crippen LogP contribution in [0.1, 0.15) is 6.42 Å². The van der Waals surface area contributed by atoms with Crippen molar-refractivity contribution in [2.45, 2.75) is 17.7 Å². The van der Waals surface area contributed by atoms with Crippen LogP contribution in [0.15, 0.2) is 41.8 Å². The van der Waals surface area contributed by atoms with E-state index in [9.17, 15) is 21.6 Å². The highest BCUT2D eigenvalue weighted by molar-refractivity contribution is 7.89. The van der Waals surface area contributed by atoms with Crippen molar-refractivity contribution in [1.29, 1.82) is 0 Å². The standard InChI is InChI=1S/C11H12F3NO3S/c1-2-3-8-15-19(16,17)10-6-4-9(5-7-10)18-11(12,13)14/h2,4-7,15H,1,3,8H2. The normalized spacial score (nSPS) is 12.2. The molecule has 0 heterocycles. The van der Waals surface area contributed by atoms with Crippen LogP contribution in [0.2, 0.25) is 0 Å². The third-order valence-electron chi connectivity index (χ3n) is 2.01. The first-order valence-electron chi connectivity index (χ1n) is 5.21. The van der Waals surface area contributed by atoms with Gasteiger partial charge in [0.05, 0.1) is 4.90 Å². The Hall–Kier alpha value is -1.54. The molecule has 4 nitrogen and oxygen atoms in total. The van der Waals surface area contributed by atoms with Gasteiger partial charge in [-0.2, -0.15) is 0 Å². The van der Waals surface area contributed by atoms with Gasteiger partial charge in [-0.25, -0.2) is 13.1 Å². The molecule has 0 fully saturated rings. The molecule has 0 radical (unpaired) electrons. The van der Waals surface area contributed by atoms with Crippen LogP contribution >= 0.6 is 0 Å². The Morgan fingerprint density at radius 3 is 2.32 bits per heavy atom. The summed E-state index contributed by atoms with van der Waals surface area (Å²) in [6.07, 6.45) is -2.81. The molecule has 1 N–H and O–H groups in total. The van der Waals surface area contributed by atoms with Crippen LogP contribution in [0, 0.1) is 0 Å². The second kappa shape index (κ2) is 6.07. The van der Waals surface area contributed by atoms with E-state index in [2.05, 4.69) is 16.0 Å². The van der Waals surface area contributed by atoms with Crippen molar-refractivity contribution in [3.63, 3.8) is 0 Å². The van der Waals surface area contributed by atoms with Crippen molar-refractivity contribution in [3.8, 4) is 5.75 Å². The van der Waals surface area contributed by atoms with Crippen LogP contribution in [0.3, 0.4) is 0 Å². The third-order valence-corrected chi connectivity index (χ3v) is 3.49. The Balaban J connectivity index is 2.78. The van der Waals surface area contributed by atoms with E-state index in [0.29, 0.717) is 6.42 Å². The van der Waals surface area contributed by atoms with Gasteiger partial charge in [0, 0.05) is 6.54 Å². The van der Waals surface area contributed by atoms with E-state index in [1.807, 2.05) is 0 Å². The minimum absolute atomic E-state index is 0.133. The molecule has 0 saturated heterocycles. The molecule has 0 unspecified atom stereocenters. The number of halogens is 3. The van der Waals surface area contributed by atoms with Gasteiger partial charge in [0.1, 0.15) is 5.75 Å². The molecule has 106 valence electrons. The summed E-state index contributed by atoms with van der Waals surface area (Å²) in [4.78, 5) is -0.133. The van der Waals surface area contributed by atoms with Crippen molar-refractivity contribution in [1.82, 2.24) is 4.72 Å². The van der Waals surface area contributed by atoms with Gasteiger partial charge in [-0.3, -0.25) is 0 Å². The molecular weight excluding hydrogens is 283 g/mol. The van der Waals surface area contributed by atoms with E-state index in [0.717, 1.165) is 24.3 Å². The van der Waals surface area contributed by atoms with E-state index in [4.69, 9.17) is 0 Å². The second-order valence-electron chi connectivity index (χ2n) is 3.49. The van der Waals surface area contributed by atoms with Gasteiger partial charge in [0.15, 0.2) is 0 Å². The zero-order valence-electron chi connectivity index (χ0n) is 9.77. The van der Waals surface area contributed by atoms with Crippen LogP contribution in [0.4, 0.5) is 13.2 Å². The highest BCUT2D eigenvalue weighted by Crippen LogP contribution is 2.23. The molecule has 1 aromatic rings. The average Bonchev–Trinajstić information content (AvgIpc) is 2.27. The number of hydrogen-bond donors (Lipinski definition) is 1. The van der Waals surface area contributed by atoms with Crippen molar-refractivity contribution < 1.29 is 26.3 Å². The Labute approximate surface area is 108 Å². The average molecular weight is 295 g/mol. The highest BCUT2D eigenvalue weighted by atomic mass is 32.2. The van der Waals surface area contributed by atoms with Crippen molar-refractivity contribution in [2.75, 3.05) is 6.54 Å². The molecule has 0 aliphatic carbocycles. The van der Waals surface area contributed by atoms with Crippen molar-refractivity contribution >= 4 is 10.0 Å². The number of rotatable bonds is 6. The first-order chi connectivity index (χ1) is 8.74. The monoisotopic (exact) mass is 295 g/mol. The van der Waals surface area contributed by atoms with Gasteiger partial charge in [0.25, 0.3) is 0 Å². The predicted octanol–water partition coefficient (Wildman–Crippen LogP) is 2.44. The van der Waals surface area contributed by atoms with Crippen LogP contribution in [0.5, 0.6) is 5.75 Å². The molecule has 0 aliphatic rings. The van der Waals surface area contributed by atoms with E-state index in [1.165, 1.54) is 0 Å². The molecule has 0 bridgehead atoms. The SMILES string of the molecule is C=CCCNS(=O)(=O)c1ccc(OC(F)(F)F)cc1. The number of sulfonamides is 1. The lowest BCUT2D eigenvalue weighted by molar-refractivity contribution is -0.274. The van der Waals surface area contributed by atoms with Crippen LogP contribution in [-0.2, 0) is 10.0 Å². The largest absolute Gasteiger partial charge is 0.573 e. The maximum atomic E-state index is 11.9. The van der Waals surface area contributed by atoms with Gasteiger partial charge < -0.3 is 4.74 Å². The summed E-state index contributed by atoms with van der Waals surface area (Å²) >= 11 is 0. The predicted molar refractivity (Wildman–Crippen MR) is 63.1 cm³/mol. The van der Waals surface area contributed by atoms with Crippen LogP contribution < -0.4 is 9.46 Å². The fourth-order valence-electron chi connectivity index (χ4n) is 1.20. The molecular formula is C11H12F3NO3S. The third kappa shape index (κ3) is 5.31. The van der Waals surface area contributed by atoms with E-state index in [-0.39, 0.29) is 11.4 Å². The summed E-state index contributed by atoms with van der Waals surface area (Å²) in [6.45, 7) is 3.61. The minimum atomic E-state index is -4.80. The molecule has 0 aliphatic heterocycles. The molecule has 0 spiro atoms. The van der Waals surface area contributed by atoms with E-state index in [1.54, 1.807) is 6.08 Å². The minimum Gasteiger partial charge on any atom is -0.406 e. The molecule has 1 rings (SSSR count). The summed E-state index contributed by atoms with van der Waals surface area (Å²) in [5.74, 6) is -0.474. The zero-order chi connectivity index (χ0) is 14.5. The maximum Gasteiger partial charge on any atom is 0.573 e. The Bertz CT molecular complexity index is 523. The summed E-state index contributed by atoms with van der Waals surface area (Å²) in [7, 11) is -3.73. The first kappa shape index (κ1) is 15.5. The van der Waals surface area contributed by atoms with E-state index < -0.39 is 22.1 Å². The molecule has 19 heavy (non-hydrogen) atoms. The maximum absolute atomic E-state index is 11.9. The highest BCUT2D eigenvalue weighted by Gasteiger charge is 2.31. The van der Waals surface area contributed by atoms with Crippen LogP contribution in [-0.4, -0.2) is 21.3 Å². The lowest BCUT2D eigenvalue weighted by Crippen LogP contribution is -2.24. The van der Waals surface area contributed by atoms with E-state index >= 15 is 0 Å². The smallest absolute Gasteiger partial charge is 0.406 e. The molecule has 0 amide bonds. The Morgan fingerprint density at radius 1 is 1.26 bits per heavy atom. The second-order valence-corrected chi connectivity index (χ2v) is 5.26. The fourth-order valence-corrected chi connectivity index (χ4v) is 2.25. The van der Waals surface area contributed by atoms with Crippen molar-refractivity contribution in [3.05, 3.63) is 36.9 Å². The molecule has 0 aromatic heterocycles.